The number of nitrogens with zero attached hydrogens (tertiary/aromatic N) is 5. The van der Waals surface area contributed by atoms with E-state index < -0.39 is 0 Å². The van der Waals surface area contributed by atoms with E-state index in [0.29, 0.717) is 22.0 Å². The van der Waals surface area contributed by atoms with Gasteiger partial charge in [-0.25, -0.2) is 15.0 Å². The van der Waals surface area contributed by atoms with Crippen molar-refractivity contribution >= 4 is 34.4 Å². The Bertz CT molecular complexity index is 762. The molecule has 104 valence electrons. The first-order valence-corrected chi connectivity index (χ1v) is 7.32. The number of hydrogen-bond acceptors (Lipinski definition) is 6. The van der Waals surface area contributed by atoms with Crippen LogP contribution in [0, 0.1) is 13.8 Å². The van der Waals surface area contributed by atoms with Crippen molar-refractivity contribution in [1.29, 1.82) is 0 Å². The summed E-state index contributed by atoms with van der Waals surface area (Å²) in [6, 6.07) is 0. The third kappa shape index (κ3) is 2.38. The van der Waals surface area contributed by atoms with E-state index in [4.69, 9.17) is 16.0 Å². The van der Waals surface area contributed by atoms with E-state index >= 15 is 0 Å². The summed E-state index contributed by atoms with van der Waals surface area (Å²) >= 11 is 7.58. The normalized spacial score (nSPS) is 11.4. The Hall–Kier alpha value is -1.60. The molecule has 3 heterocycles. The largest absolute Gasteiger partial charge is 0.437 e. The predicted molar refractivity (Wildman–Crippen MR) is 76.9 cm³/mol. The monoisotopic (exact) mass is 309 g/mol. The Morgan fingerprint density at radius 2 is 2.10 bits per heavy atom. The lowest BCUT2D eigenvalue weighted by atomic mass is 10.4. The average Bonchev–Trinajstić information content (AvgIpc) is 2.92. The van der Waals surface area contributed by atoms with Gasteiger partial charge in [0.2, 0.25) is 0 Å². The second-order valence-electron chi connectivity index (χ2n) is 4.35. The lowest BCUT2D eigenvalue weighted by Crippen LogP contribution is -1.98. The van der Waals surface area contributed by atoms with Crippen LogP contribution in [0.25, 0.3) is 11.0 Å². The van der Waals surface area contributed by atoms with Crippen LogP contribution in [0.15, 0.2) is 15.8 Å². The van der Waals surface area contributed by atoms with Crippen LogP contribution < -0.4 is 0 Å². The molecular weight excluding hydrogens is 298 g/mol. The summed E-state index contributed by atoms with van der Waals surface area (Å²) in [5.74, 6) is 2.00. The lowest BCUT2D eigenvalue weighted by Gasteiger charge is -2.00. The minimum Gasteiger partial charge on any atom is -0.437 e. The molecule has 0 amide bonds. The summed E-state index contributed by atoms with van der Waals surface area (Å²) in [4.78, 5) is 13.0. The van der Waals surface area contributed by atoms with Gasteiger partial charge in [0.1, 0.15) is 16.7 Å². The van der Waals surface area contributed by atoms with Crippen molar-refractivity contribution in [3.8, 4) is 0 Å². The fourth-order valence-corrected chi connectivity index (χ4v) is 2.72. The number of thioether (sulfide) groups is 1. The van der Waals surface area contributed by atoms with Gasteiger partial charge < -0.3 is 4.42 Å². The van der Waals surface area contributed by atoms with Gasteiger partial charge in [-0.1, -0.05) is 23.4 Å². The zero-order chi connectivity index (χ0) is 14.3. The summed E-state index contributed by atoms with van der Waals surface area (Å²) in [6.07, 6.45) is 1.66. The van der Waals surface area contributed by atoms with E-state index in [9.17, 15) is 0 Å². The van der Waals surface area contributed by atoms with Crippen molar-refractivity contribution in [2.75, 3.05) is 0 Å². The third-order valence-corrected chi connectivity index (χ3v) is 4.04. The van der Waals surface area contributed by atoms with Gasteiger partial charge in [-0.2, -0.15) is 5.10 Å². The highest BCUT2D eigenvalue weighted by Gasteiger charge is 2.12. The highest BCUT2D eigenvalue weighted by molar-refractivity contribution is 7.98. The number of hydrogen-bond donors (Lipinski definition) is 0. The molecule has 0 saturated carbocycles. The quantitative estimate of drug-likeness (QED) is 0.547. The Morgan fingerprint density at radius 1 is 1.30 bits per heavy atom. The van der Waals surface area contributed by atoms with Crippen LogP contribution in [-0.4, -0.2) is 24.7 Å². The number of halogens is 1. The van der Waals surface area contributed by atoms with Crippen molar-refractivity contribution in [3.05, 3.63) is 28.6 Å². The van der Waals surface area contributed by atoms with Crippen LogP contribution in [0.4, 0.5) is 0 Å². The molecule has 0 fully saturated rings. The number of oxazole rings is 1. The third-order valence-electron chi connectivity index (χ3n) is 2.93. The highest BCUT2D eigenvalue weighted by atomic mass is 35.5. The summed E-state index contributed by atoms with van der Waals surface area (Å²) in [5, 5.41) is 5.91. The number of aryl methyl sites for hydroxylation is 3. The van der Waals surface area contributed by atoms with E-state index in [0.717, 1.165) is 22.5 Å². The molecule has 0 spiro atoms. The fourth-order valence-electron chi connectivity index (χ4n) is 1.73. The molecule has 3 aromatic heterocycles. The molecule has 0 aliphatic carbocycles. The SMILES string of the molecule is Cc1nc(SCc2nc(Cl)c3cnn(C)c3n2)oc1C. The second-order valence-corrected chi connectivity index (χ2v) is 5.63. The molecule has 3 aromatic rings. The lowest BCUT2D eigenvalue weighted by molar-refractivity contribution is 0.431. The van der Waals surface area contributed by atoms with Gasteiger partial charge in [0.25, 0.3) is 5.22 Å². The molecule has 3 rings (SSSR count). The zero-order valence-electron chi connectivity index (χ0n) is 11.2. The molecule has 0 saturated heterocycles. The van der Waals surface area contributed by atoms with Crippen molar-refractivity contribution < 1.29 is 4.42 Å². The Balaban J connectivity index is 1.85. The molecule has 6 nitrogen and oxygen atoms in total. The number of aromatic nitrogens is 5. The van der Waals surface area contributed by atoms with Crippen molar-refractivity contribution in [3.63, 3.8) is 0 Å². The Morgan fingerprint density at radius 3 is 2.80 bits per heavy atom. The van der Waals surface area contributed by atoms with E-state index in [-0.39, 0.29) is 0 Å². The van der Waals surface area contributed by atoms with Crippen LogP contribution in [0.2, 0.25) is 5.15 Å². The Labute approximate surface area is 124 Å². The van der Waals surface area contributed by atoms with Crippen molar-refractivity contribution in [2.45, 2.75) is 24.8 Å². The minimum atomic E-state index is 0.415. The van der Waals surface area contributed by atoms with Crippen LogP contribution in [0.3, 0.4) is 0 Å². The van der Waals surface area contributed by atoms with Gasteiger partial charge in [-0.3, -0.25) is 4.68 Å². The smallest absolute Gasteiger partial charge is 0.256 e. The van der Waals surface area contributed by atoms with E-state index in [1.165, 1.54) is 11.8 Å². The highest BCUT2D eigenvalue weighted by Crippen LogP contribution is 2.25. The molecule has 0 atom stereocenters. The number of fused-ring (bicyclic) bond motifs is 1. The molecule has 20 heavy (non-hydrogen) atoms. The van der Waals surface area contributed by atoms with Gasteiger partial charge in [-0.15, -0.1) is 0 Å². The first-order chi connectivity index (χ1) is 9.54. The van der Waals surface area contributed by atoms with Crippen LogP contribution in [0.5, 0.6) is 0 Å². The topological polar surface area (TPSA) is 69.6 Å². The summed E-state index contributed by atoms with van der Waals surface area (Å²) < 4.78 is 7.19. The molecule has 8 heteroatoms. The van der Waals surface area contributed by atoms with Crippen LogP contribution in [0.1, 0.15) is 17.3 Å². The van der Waals surface area contributed by atoms with Crippen LogP contribution in [-0.2, 0) is 12.8 Å². The molecule has 0 aliphatic rings. The summed E-state index contributed by atoms with van der Waals surface area (Å²) in [5.41, 5.74) is 1.62. The predicted octanol–water partition coefficient (Wildman–Crippen LogP) is 2.91. The van der Waals surface area contributed by atoms with E-state index in [1.54, 1.807) is 10.9 Å². The van der Waals surface area contributed by atoms with Crippen LogP contribution >= 0.6 is 23.4 Å². The van der Waals surface area contributed by atoms with Gasteiger partial charge in [-0.05, 0) is 13.8 Å². The van der Waals surface area contributed by atoms with Gasteiger partial charge in [0, 0.05) is 7.05 Å². The van der Waals surface area contributed by atoms with Gasteiger partial charge in [0.05, 0.1) is 23.0 Å². The molecule has 0 N–H and O–H groups in total. The maximum absolute atomic E-state index is 6.13. The molecule has 0 radical (unpaired) electrons. The molecule has 0 aliphatic heterocycles. The average molecular weight is 310 g/mol. The maximum Gasteiger partial charge on any atom is 0.256 e. The molecule has 0 unspecified atom stereocenters. The summed E-state index contributed by atoms with van der Waals surface area (Å²) in [6.45, 7) is 3.80. The first kappa shape index (κ1) is 13.4. The molecular formula is C12H12ClN5OS. The van der Waals surface area contributed by atoms with Crippen molar-refractivity contribution in [2.24, 2.45) is 7.05 Å². The minimum absolute atomic E-state index is 0.415. The van der Waals surface area contributed by atoms with E-state index in [2.05, 4.69) is 20.1 Å². The van der Waals surface area contributed by atoms with Gasteiger partial charge in [0.15, 0.2) is 5.65 Å². The zero-order valence-corrected chi connectivity index (χ0v) is 12.8. The molecule has 0 aromatic carbocycles. The number of rotatable bonds is 3. The van der Waals surface area contributed by atoms with E-state index in [1.807, 2.05) is 20.9 Å². The summed E-state index contributed by atoms with van der Waals surface area (Å²) in [7, 11) is 1.82. The fraction of sp³-hybridized carbons (Fsp3) is 0.333. The first-order valence-electron chi connectivity index (χ1n) is 5.95. The second kappa shape index (κ2) is 5.06. The standard InChI is InChI=1S/C12H12ClN5OS/c1-6-7(2)19-12(15-6)20-5-9-16-10(13)8-4-14-18(3)11(8)17-9/h4H,5H2,1-3H3. The Kier molecular flexibility index (Phi) is 3.39. The maximum atomic E-state index is 6.13. The van der Waals surface area contributed by atoms with Gasteiger partial charge >= 0.3 is 0 Å². The molecule has 0 bridgehead atoms. The van der Waals surface area contributed by atoms with Crippen molar-refractivity contribution in [1.82, 2.24) is 24.7 Å².